The van der Waals surface area contributed by atoms with Crippen LogP contribution in [-0.2, 0) is 22.9 Å². The summed E-state index contributed by atoms with van der Waals surface area (Å²) in [5.74, 6) is 0. The number of aryl methyl sites for hydroxylation is 1. The second-order valence-electron chi connectivity index (χ2n) is 6.69. The molecule has 1 aromatic rings. The van der Waals surface area contributed by atoms with Crippen molar-refractivity contribution in [1.29, 1.82) is 0 Å². The van der Waals surface area contributed by atoms with Crippen LogP contribution in [0.15, 0.2) is 17.0 Å². The number of anilines is 1. The van der Waals surface area contributed by atoms with Gasteiger partial charge in [0.25, 0.3) is 0 Å². The summed E-state index contributed by atoms with van der Waals surface area (Å²) < 4.78 is 27.2. The molecule has 0 aliphatic carbocycles. The Labute approximate surface area is 129 Å². The Bertz CT molecular complexity index is 601. The van der Waals surface area contributed by atoms with Crippen molar-refractivity contribution in [1.82, 2.24) is 4.31 Å². The highest BCUT2D eigenvalue weighted by Crippen LogP contribution is 2.28. The lowest BCUT2D eigenvalue weighted by molar-refractivity contribution is 0.310. The van der Waals surface area contributed by atoms with Gasteiger partial charge in [0, 0.05) is 19.3 Å². The lowest BCUT2D eigenvalue weighted by atomic mass is 9.97. The summed E-state index contributed by atoms with van der Waals surface area (Å²) in [5, 5.41) is 0. The van der Waals surface area contributed by atoms with Gasteiger partial charge in [-0.1, -0.05) is 34.6 Å². The number of nitrogens with zero attached hydrogens (tertiary/aromatic N) is 1. The van der Waals surface area contributed by atoms with E-state index in [1.54, 1.807) is 13.1 Å². The van der Waals surface area contributed by atoms with Gasteiger partial charge in [-0.3, -0.25) is 0 Å². The maximum absolute atomic E-state index is 12.9. The molecule has 21 heavy (non-hydrogen) atoms. The highest BCUT2D eigenvalue weighted by Gasteiger charge is 2.28. The number of nitrogen functional groups attached to an aromatic ring is 1. The molecule has 0 spiro atoms. The number of nitrogens with two attached hydrogens (primary N) is 1. The van der Waals surface area contributed by atoms with E-state index in [0.717, 1.165) is 12.0 Å². The molecular formula is C16H28N2O2S. The van der Waals surface area contributed by atoms with E-state index in [-0.39, 0.29) is 5.41 Å². The van der Waals surface area contributed by atoms with Crippen LogP contribution in [0.1, 0.15) is 45.7 Å². The summed E-state index contributed by atoms with van der Waals surface area (Å²) in [4.78, 5) is 0.355. The molecule has 120 valence electrons. The zero-order chi connectivity index (χ0) is 16.4. The lowest BCUT2D eigenvalue weighted by Crippen LogP contribution is -2.35. The summed E-state index contributed by atoms with van der Waals surface area (Å²) in [6, 6.07) is 3.64. The fourth-order valence-corrected chi connectivity index (χ4v) is 4.23. The third-order valence-corrected chi connectivity index (χ3v) is 5.32. The molecule has 2 N–H and O–H groups in total. The van der Waals surface area contributed by atoms with Crippen molar-refractivity contribution >= 4 is 15.7 Å². The van der Waals surface area contributed by atoms with E-state index in [0.29, 0.717) is 29.1 Å². The Hall–Kier alpha value is -1.07. The highest BCUT2D eigenvalue weighted by molar-refractivity contribution is 7.89. The predicted molar refractivity (Wildman–Crippen MR) is 88.9 cm³/mol. The van der Waals surface area contributed by atoms with Crippen molar-refractivity contribution in [3.63, 3.8) is 0 Å². The van der Waals surface area contributed by atoms with E-state index in [2.05, 4.69) is 0 Å². The van der Waals surface area contributed by atoms with E-state index in [1.165, 1.54) is 4.31 Å². The lowest BCUT2D eigenvalue weighted by Gasteiger charge is -2.27. The molecule has 0 heterocycles. The Morgan fingerprint density at radius 1 is 1.14 bits per heavy atom. The van der Waals surface area contributed by atoms with Crippen molar-refractivity contribution < 1.29 is 8.42 Å². The van der Waals surface area contributed by atoms with Crippen molar-refractivity contribution in [3.8, 4) is 0 Å². The van der Waals surface area contributed by atoms with Gasteiger partial charge in [-0.15, -0.1) is 0 Å². The van der Waals surface area contributed by atoms with Crippen LogP contribution in [0.5, 0.6) is 0 Å². The third-order valence-electron chi connectivity index (χ3n) is 3.45. The maximum Gasteiger partial charge on any atom is 0.243 e. The molecule has 0 unspecified atom stereocenters. The van der Waals surface area contributed by atoms with Crippen LogP contribution in [0.4, 0.5) is 5.69 Å². The van der Waals surface area contributed by atoms with Crippen LogP contribution in [0.3, 0.4) is 0 Å². The van der Waals surface area contributed by atoms with Gasteiger partial charge >= 0.3 is 0 Å². The molecule has 0 atom stereocenters. The molecule has 0 amide bonds. The molecule has 5 heteroatoms. The Morgan fingerprint density at radius 3 is 2.14 bits per heavy atom. The first-order valence-corrected chi connectivity index (χ1v) is 8.84. The SMILES string of the molecule is CCc1cc(N)c(CC)c(S(=O)(=O)N(C)CC(C)(C)C)c1. The molecule has 0 radical (unpaired) electrons. The normalized spacial score (nSPS) is 12.9. The monoisotopic (exact) mass is 312 g/mol. The van der Waals surface area contributed by atoms with Crippen molar-refractivity contribution in [2.45, 2.75) is 52.4 Å². The van der Waals surface area contributed by atoms with E-state index in [9.17, 15) is 8.42 Å². The summed E-state index contributed by atoms with van der Waals surface area (Å²) in [6.45, 7) is 10.5. The molecule has 0 aliphatic heterocycles. The molecule has 0 fully saturated rings. The van der Waals surface area contributed by atoms with Gasteiger partial charge in [0.2, 0.25) is 10.0 Å². The molecule has 0 aromatic heterocycles. The van der Waals surface area contributed by atoms with Crippen LogP contribution in [0.25, 0.3) is 0 Å². The summed E-state index contributed by atoms with van der Waals surface area (Å²) >= 11 is 0. The van der Waals surface area contributed by atoms with Crippen molar-refractivity contribution in [3.05, 3.63) is 23.3 Å². The van der Waals surface area contributed by atoms with Gasteiger partial charge in [-0.2, -0.15) is 0 Å². The molecule has 0 bridgehead atoms. The number of benzene rings is 1. The minimum Gasteiger partial charge on any atom is -0.398 e. The summed E-state index contributed by atoms with van der Waals surface area (Å²) in [5.41, 5.74) is 8.19. The smallest absolute Gasteiger partial charge is 0.243 e. The quantitative estimate of drug-likeness (QED) is 0.850. The van der Waals surface area contributed by atoms with Crippen molar-refractivity contribution in [2.75, 3.05) is 19.3 Å². The van der Waals surface area contributed by atoms with Gasteiger partial charge in [0.05, 0.1) is 4.90 Å². The molecule has 1 aromatic carbocycles. The second-order valence-corrected chi connectivity index (χ2v) is 8.70. The maximum atomic E-state index is 12.9. The molecule has 0 aliphatic rings. The zero-order valence-corrected chi connectivity index (χ0v) is 14.8. The van der Waals surface area contributed by atoms with E-state index < -0.39 is 10.0 Å². The topological polar surface area (TPSA) is 63.4 Å². The largest absolute Gasteiger partial charge is 0.398 e. The molecule has 0 saturated carbocycles. The zero-order valence-electron chi connectivity index (χ0n) is 14.0. The van der Waals surface area contributed by atoms with Crippen LogP contribution in [0.2, 0.25) is 0 Å². The average Bonchev–Trinajstić information content (AvgIpc) is 2.35. The van der Waals surface area contributed by atoms with Crippen LogP contribution >= 0.6 is 0 Å². The Balaban J connectivity index is 3.39. The Kier molecular flexibility index (Phi) is 5.45. The minimum absolute atomic E-state index is 0.0951. The number of sulfonamides is 1. The highest BCUT2D eigenvalue weighted by atomic mass is 32.2. The first-order valence-electron chi connectivity index (χ1n) is 7.40. The fourth-order valence-electron chi connectivity index (χ4n) is 2.46. The third kappa shape index (κ3) is 4.20. The number of rotatable bonds is 5. The standard InChI is InChI=1S/C16H28N2O2S/c1-7-12-9-14(17)13(8-2)15(10-12)21(19,20)18(6)11-16(3,4)5/h9-10H,7-8,11,17H2,1-6H3. The van der Waals surface area contributed by atoms with Crippen LogP contribution in [0, 0.1) is 5.41 Å². The second kappa shape index (κ2) is 6.36. The molecule has 0 saturated heterocycles. The molecule has 1 rings (SSSR count). The van der Waals surface area contributed by atoms with Crippen LogP contribution in [-0.4, -0.2) is 26.3 Å². The molecule has 4 nitrogen and oxygen atoms in total. The minimum atomic E-state index is -3.52. The van der Waals surface area contributed by atoms with E-state index in [1.807, 2.05) is 40.7 Å². The molecular weight excluding hydrogens is 284 g/mol. The van der Waals surface area contributed by atoms with Gasteiger partial charge in [0.1, 0.15) is 0 Å². The van der Waals surface area contributed by atoms with E-state index in [4.69, 9.17) is 5.73 Å². The predicted octanol–water partition coefficient (Wildman–Crippen LogP) is 3.06. The summed E-state index contributed by atoms with van der Waals surface area (Å²) in [6.07, 6.45) is 1.37. The van der Waals surface area contributed by atoms with Crippen molar-refractivity contribution in [2.24, 2.45) is 5.41 Å². The average molecular weight is 312 g/mol. The van der Waals surface area contributed by atoms with Gasteiger partial charge in [0.15, 0.2) is 0 Å². The van der Waals surface area contributed by atoms with Gasteiger partial charge in [-0.05, 0) is 41.5 Å². The summed E-state index contributed by atoms with van der Waals surface area (Å²) in [7, 11) is -1.88. The van der Waals surface area contributed by atoms with E-state index >= 15 is 0 Å². The Morgan fingerprint density at radius 2 is 1.71 bits per heavy atom. The first kappa shape index (κ1) is 18.0. The number of hydrogen-bond donors (Lipinski definition) is 1. The number of hydrogen-bond acceptors (Lipinski definition) is 3. The first-order chi connectivity index (χ1) is 9.52. The van der Waals surface area contributed by atoms with Crippen LogP contribution < -0.4 is 5.73 Å². The fraction of sp³-hybridized carbons (Fsp3) is 0.625. The van der Waals surface area contributed by atoms with Gasteiger partial charge < -0.3 is 5.73 Å². The van der Waals surface area contributed by atoms with Gasteiger partial charge in [-0.25, -0.2) is 12.7 Å².